The summed E-state index contributed by atoms with van der Waals surface area (Å²) >= 11 is 0. The van der Waals surface area contributed by atoms with E-state index >= 15 is 0 Å². The molecular formula is C15H30O10. The highest BCUT2D eigenvalue weighted by atomic mass is 16.7. The fraction of sp³-hybridized carbons (Fsp3) is 1.00. The minimum absolute atomic E-state index is 0.518. The van der Waals surface area contributed by atoms with Crippen LogP contribution < -0.4 is 0 Å². The van der Waals surface area contributed by atoms with Crippen molar-refractivity contribution in [3.05, 3.63) is 0 Å². The average Bonchev–Trinajstić information content (AvgIpc) is 2.63. The molecule has 7 N–H and O–H groups in total. The maximum atomic E-state index is 10.1. The van der Waals surface area contributed by atoms with Gasteiger partial charge in [-0.25, -0.2) is 0 Å². The van der Waals surface area contributed by atoms with Crippen molar-refractivity contribution in [2.24, 2.45) is 0 Å². The van der Waals surface area contributed by atoms with Gasteiger partial charge in [-0.05, 0) is 6.92 Å². The topological polar surface area (TPSA) is 169 Å². The number of rotatable bonds is 4. The molecule has 0 bridgehead atoms. The van der Waals surface area contributed by atoms with Gasteiger partial charge in [-0.15, -0.1) is 0 Å². The fourth-order valence-electron chi connectivity index (χ4n) is 2.78. The van der Waals surface area contributed by atoms with E-state index in [2.05, 4.69) is 0 Å². The first-order valence-electron chi connectivity index (χ1n) is 8.40. The molecule has 0 aromatic rings. The first-order chi connectivity index (χ1) is 11.8. The average molecular weight is 370 g/mol. The molecule has 25 heavy (non-hydrogen) atoms. The van der Waals surface area contributed by atoms with Crippen LogP contribution in [-0.2, 0) is 14.2 Å². The van der Waals surface area contributed by atoms with Gasteiger partial charge in [0.1, 0.15) is 48.8 Å². The summed E-state index contributed by atoms with van der Waals surface area (Å²) in [6.07, 6.45) is -13.2. The highest BCUT2D eigenvalue weighted by Crippen LogP contribution is 2.28. The lowest BCUT2D eigenvalue weighted by Crippen LogP contribution is -2.64. The third-order valence-electron chi connectivity index (χ3n) is 4.24. The summed E-state index contributed by atoms with van der Waals surface area (Å²) in [6.45, 7) is 4.37. The Morgan fingerprint density at radius 3 is 1.80 bits per heavy atom. The summed E-state index contributed by atoms with van der Waals surface area (Å²) in [6, 6.07) is 0. The number of hydrogen-bond acceptors (Lipinski definition) is 10. The highest BCUT2D eigenvalue weighted by Gasteiger charge is 2.49. The van der Waals surface area contributed by atoms with Crippen LogP contribution in [0.4, 0.5) is 0 Å². The monoisotopic (exact) mass is 370 g/mol. The molecule has 0 saturated carbocycles. The zero-order valence-corrected chi connectivity index (χ0v) is 14.5. The highest BCUT2D eigenvalue weighted by molar-refractivity contribution is 4.94. The van der Waals surface area contributed by atoms with E-state index < -0.39 is 74.4 Å². The first-order valence-corrected chi connectivity index (χ1v) is 8.40. The van der Waals surface area contributed by atoms with Crippen LogP contribution in [0.15, 0.2) is 0 Å². The molecule has 2 rings (SSSR count). The molecule has 10 nitrogen and oxygen atoms in total. The second kappa shape index (κ2) is 10.1. The van der Waals surface area contributed by atoms with E-state index in [0.717, 1.165) is 0 Å². The Bertz CT molecular complexity index is 379. The van der Waals surface area contributed by atoms with E-state index in [-0.39, 0.29) is 0 Å². The predicted octanol–water partition coefficient (Wildman–Crippen LogP) is -3.30. The number of hydrogen-bond donors (Lipinski definition) is 7. The molecule has 2 aliphatic heterocycles. The van der Waals surface area contributed by atoms with Crippen LogP contribution in [-0.4, -0.2) is 110 Å². The Balaban J connectivity index is 0.00000151. The van der Waals surface area contributed by atoms with Gasteiger partial charge in [-0.1, -0.05) is 13.8 Å². The first kappa shape index (κ1) is 22.6. The minimum atomic E-state index is -1.66. The van der Waals surface area contributed by atoms with Crippen molar-refractivity contribution in [3.8, 4) is 0 Å². The maximum absolute atomic E-state index is 10.1. The number of aliphatic hydroxyl groups excluding tert-OH is 7. The van der Waals surface area contributed by atoms with E-state index in [1.807, 2.05) is 13.8 Å². The van der Waals surface area contributed by atoms with Crippen molar-refractivity contribution in [2.45, 2.75) is 82.0 Å². The molecule has 0 aliphatic carbocycles. The fourth-order valence-corrected chi connectivity index (χ4v) is 2.78. The van der Waals surface area contributed by atoms with Crippen molar-refractivity contribution in [2.75, 3.05) is 13.2 Å². The van der Waals surface area contributed by atoms with Gasteiger partial charge in [-0.3, -0.25) is 0 Å². The Morgan fingerprint density at radius 1 is 0.720 bits per heavy atom. The lowest BCUT2D eigenvalue weighted by molar-refractivity contribution is -0.341. The molecule has 0 aromatic heterocycles. The van der Waals surface area contributed by atoms with E-state index in [4.69, 9.17) is 19.3 Å². The van der Waals surface area contributed by atoms with Gasteiger partial charge in [-0.2, -0.15) is 0 Å². The van der Waals surface area contributed by atoms with E-state index in [1.165, 1.54) is 6.92 Å². The van der Waals surface area contributed by atoms with Crippen molar-refractivity contribution >= 4 is 0 Å². The lowest BCUT2D eigenvalue weighted by atomic mass is 9.95. The van der Waals surface area contributed by atoms with Gasteiger partial charge in [0, 0.05) is 0 Å². The molecule has 10 heteroatoms. The predicted molar refractivity (Wildman–Crippen MR) is 83.4 cm³/mol. The molecular weight excluding hydrogens is 340 g/mol. The third-order valence-corrected chi connectivity index (χ3v) is 4.24. The van der Waals surface area contributed by atoms with Crippen molar-refractivity contribution in [1.82, 2.24) is 0 Å². The zero-order chi connectivity index (χ0) is 19.3. The van der Waals surface area contributed by atoms with Crippen LogP contribution in [0.1, 0.15) is 20.8 Å². The van der Waals surface area contributed by atoms with E-state index in [1.54, 1.807) is 0 Å². The molecule has 0 amide bonds. The van der Waals surface area contributed by atoms with Crippen LogP contribution in [0.3, 0.4) is 0 Å². The van der Waals surface area contributed by atoms with Gasteiger partial charge >= 0.3 is 0 Å². The normalized spacial score (nSPS) is 47.8. The summed E-state index contributed by atoms with van der Waals surface area (Å²) < 4.78 is 15.9. The van der Waals surface area contributed by atoms with Crippen molar-refractivity contribution in [1.29, 1.82) is 0 Å². The summed E-state index contributed by atoms with van der Waals surface area (Å²) in [7, 11) is 0. The Hall–Kier alpha value is -0.400. The van der Waals surface area contributed by atoms with Gasteiger partial charge < -0.3 is 50.0 Å². The van der Waals surface area contributed by atoms with Crippen LogP contribution in [0.25, 0.3) is 0 Å². The largest absolute Gasteiger partial charge is 0.394 e. The second-order valence-electron chi connectivity index (χ2n) is 5.84. The Morgan fingerprint density at radius 2 is 1.28 bits per heavy atom. The van der Waals surface area contributed by atoms with Crippen LogP contribution in [0.2, 0.25) is 0 Å². The van der Waals surface area contributed by atoms with Crippen LogP contribution in [0, 0.1) is 0 Å². The van der Waals surface area contributed by atoms with Gasteiger partial charge in [0.15, 0.2) is 6.29 Å². The van der Waals surface area contributed by atoms with Gasteiger partial charge in [0.25, 0.3) is 0 Å². The van der Waals surface area contributed by atoms with Crippen molar-refractivity contribution in [3.63, 3.8) is 0 Å². The summed E-state index contributed by atoms with van der Waals surface area (Å²) in [4.78, 5) is 0. The molecule has 2 aliphatic rings. The summed E-state index contributed by atoms with van der Waals surface area (Å²) in [5.74, 6) is 0. The quantitative estimate of drug-likeness (QED) is 0.266. The molecule has 2 fully saturated rings. The summed E-state index contributed by atoms with van der Waals surface area (Å²) in [5, 5.41) is 67.8. The second-order valence-corrected chi connectivity index (χ2v) is 5.84. The number of ether oxygens (including phenoxy) is 3. The Kier molecular flexibility index (Phi) is 9.12. The van der Waals surface area contributed by atoms with E-state index in [0.29, 0.717) is 0 Å². The zero-order valence-electron chi connectivity index (χ0n) is 14.5. The molecule has 0 aromatic carbocycles. The van der Waals surface area contributed by atoms with Crippen LogP contribution in [0.5, 0.6) is 0 Å². The van der Waals surface area contributed by atoms with Gasteiger partial charge in [0.05, 0.1) is 19.3 Å². The molecule has 0 radical (unpaired) electrons. The molecule has 0 spiro atoms. The van der Waals surface area contributed by atoms with Crippen LogP contribution >= 0.6 is 0 Å². The molecule has 1 unspecified atom stereocenters. The molecule has 2 saturated heterocycles. The standard InChI is InChI=1S/C13H24O10.C2H6/c1-4-7(16)10(19)12(6(3-15)21-4)23-13-11(20)9(18)8(17)5(2-14)22-13;1-2/h4-20H,2-3H2,1H3;1-2H3/t4-,5+,6+,7-,8+,9-,10+,11+,12+,13?;/m0./s1. The SMILES string of the molecule is CC.C[C@@H]1O[C@H](CO)[C@@H](OC2O[C@H](CO)[C@@H](O)[C@H](O)[C@H]2O)[C@H](O)[C@H]1O. The molecule has 150 valence electrons. The minimum Gasteiger partial charge on any atom is -0.394 e. The lowest BCUT2D eigenvalue weighted by Gasteiger charge is -2.45. The third kappa shape index (κ3) is 4.86. The van der Waals surface area contributed by atoms with Gasteiger partial charge in [0.2, 0.25) is 0 Å². The molecule has 2 heterocycles. The maximum Gasteiger partial charge on any atom is 0.187 e. The Labute approximate surface area is 146 Å². The van der Waals surface area contributed by atoms with E-state index in [9.17, 15) is 30.6 Å². The smallest absolute Gasteiger partial charge is 0.187 e. The number of aliphatic hydroxyl groups is 7. The molecule has 10 atom stereocenters. The van der Waals surface area contributed by atoms with Crippen molar-refractivity contribution < 1.29 is 50.0 Å². The summed E-state index contributed by atoms with van der Waals surface area (Å²) in [5.41, 5.74) is 0.